The molecule has 0 bridgehead atoms. The molecule has 4 heteroatoms. The Morgan fingerprint density at radius 1 is 1.12 bits per heavy atom. The molecule has 1 N–H and O–H groups in total. The van der Waals surface area contributed by atoms with E-state index in [0.29, 0.717) is 19.5 Å². The summed E-state index contributed by atoms with van der Waals surface area (Å²) in [4.78, 5) is 19.0. The van der Waals surface area contributed by atoms with Gasteiger partial charge in [-0.1, -0.05) is 49.2 Å². The molecule has 0 unspecified atom stereocenters. The highest BCUT2D eigenvalue weighted by Gasteiger charge is 2.34. The summed E-state index contributed by atoms with van der Waals surface area (Å²) in [5.74, 6) is 0.0369. The van der Waals surface area contributed by atoms with Gasteiger partial charge in [0.15, 0.2) is 0 Å². The number of carbonyl (C=O) groups excluding carboxylic acids is 1. The van der Waals surface area contributed by atoms with Crippen molar-refractivity contribution in [2.24, 2.45) is 0 Å². The van der Waals surface area contributed by atoms with Gasteiger partial charge < -0.3 is 10.0 Å². The molecule has 132 valence electrons. The van der Waals surface area contributed by atoms with Gasteiger partial charge in [-0.15, -0.1) is 0 Å². The van der Waals surface area contributed by atoms with Gasteiger partial charge in [-0.2, -0.15) is 0 Å². The van der Waals surface area contributed by atoms with Crippen molar-refractivity contribution in [1.82, 2.24) is 9.88 Å². The first-order valence-electron chi connectivity index (χ1n) is 9.00. The maximum atomic E-state index is 12.9. The lowest BCUT2D eigenvalue weighted by molar-refractivity contribution is -0.134. The first kappa shape index (κ1) is 17.6. The number of hydrogen-bond donors (Lipinski definition) is 1. The minimum Gasteiger partial charge on any atom is -0.388 e. The van der Waals surface area contributed by atoms with Gasteiger partial charge in [0.25, 0.3) is 0 Å². The molecule has 25 heavy (non-hydrogen) atoms. The first-order chi connectivity index (χ1) is 12.0. The monoisotopic (exact) mass is 338 g/mol. The summed E-state index contributed by atoms with van der Waals surface area (Å²) in [5.41, 5.74) is 2.19. The van der Waals surface area contributed by atoms with Crippen LogP contribution in [0.25, 0.3) is 0 Å². The van der Waals surface area contributed by atoms with Crippen LogP contribution in [-0.4, -0.2) is 33.0 Å². The summed E-state index contributed by atoms with van der Waals surface area (Å²) in [7, 11) is 0. The number of nitrogens with zero attached hydrogens (tertiary/aromatic N) is 2. The lowest BCUT2D eigenvalue weighted by atomic mass is 10.0. The molecular weight excluding hydrogens is 312 g/mol. The average molecular weight is 338 g/mol. The van der Waals surface area contributed by atoms with E-state index in [0.717, 1.165) is 42.5 Å². The first-order valence-corrected chi connectivity index (χ1v) is 9.00. The van der Waals surface area contributed by atoms with E-state index in [4.69, 9.17) is 0 Å². The second-order valence-electron chi connectivity index (χ2n) is 7.15. The number of carbonyl (C=O) groups is 1. The van der Waals surface area contributed by atoms with Crippen molar-refractivity contribution < 1.29 is 9.90 Å². The van der Waals surface area contributed by atoms with Gasteiger partial charge in [-0.3, -0.25) is 9.78 Å². The van der Waals surface area contributed by atoms with Gasteiger partial charge in [0.2, 0.25) is 5.91 Å². The van der Waals surface area contributed by atoms with E-state index in [9.17, 15) is 9.90 Å². The zero-order valence-corrected chi connectivity index (χ0v) is 14.8. The third kappa shape index (κ3) is 4.89. The highest BCUT2D eigenvalue weighted by molar-refractivity contribution is 5.78. The lowest BCUT2D eigenvalue weighted by Gasteiger charge is -2.31. The summed E-state index contributed by atoms with van der Waals surface area (Å²) in [5, 5.41) is 10.8. The predicted molar refractivity (Wildman–Crippen MR) is 98.0 cm³/mol. The van der Waals surface area contributed by atoms with Crippen molar-refractivity contribution in [2.75, 3.05) is 6.54 Å². The average Bonchev–Trinajstić information content (AvgIpc) is 3.03. The minimum absolute atomic E-state index is 0.0369. The molecule has 4 nitrogen and oxygen atoms in total. The van der Waals surface area contributed by atoms with E-state index >= 15 is 0 Å². The number of aromatic nitrogens is 1. The standard InChI is InChI=1S/C21H26N2O2/c1-17-9-10-19(14-22-17)13-20(24)23(15-18-7-3-2-4-8-18)16-21(25)11-5-6-12-21/h2-4,7-10,14,25H,5-6,11-13,15-16H2,1H3. The van der Waals surface area contributed by atoms with Crippen LogP contribution in [0.4, 0.5) is 0 Å². The van der Waals surface area contributed by atoms with Crippen LogP contribution in [0, 0.1) is 6.92 Å². The molecule has 1 aromatic carbocycles. The van der Waals surface area contributed by atoms with Gasteiger partial charge in [0, 0.05) is 25.0 Å². The second kappa shape index (κ2) is 7.79. The van der Waals surface area contributed by atoms with Gasteiger partial charge in [0.05, 0.1) is 12.0 Å². The van der Waals surface area contributed by atoms with Gasteiger partial charge in [-0.25, -0.2) is 0 Å². The summed E-state index contributed by atoms with van der Waals surface area (Å²) < 4.78 is 0. The molecule has 0 atom stereocenters. The number of benzene rings is 1. The molecule has 1 aliphatic rings. The Balaban J connectivity index is 1.74. The van der Waals surface area contributed by atoms with Crippen molar-refractivity contribution in [2.45, 2.75) is 51.2 Å². The lowest BCUT2D eigenvalue weighted by Crippen LogP contribution is -2.44. The molecule has 1 aliphatic carbocycles. The third-order valence-electron chi connectivity index (χ3n) is 4.92. The van der Waals surface area contributed by atoms with E-state index in [1.165, 1.54) is 0 Å². The van der Waals surface area contributed by atoms with Crippen molar-refractivity contribution >= 4 is 5.91 Å². The number of amides is 1. The van der Waals surface area contributed by atoms with Crippen molar-refractivity contribution in [3.05, 3.63) is 65.5 Å². The second-order valence-corrected chi connectivity index (χ2v) is 7.15. The summed E-state index contributed by atoms with van der Waals surface area (Å²) in [6.07, 6.45) is 5.70. The largest absolute Gasteiger partial charge is 0.388 e. The molecule has 1 fully saturated rings. The predicted octanol–water partition coefficient (Wildman–Crippen LogP) is 3.27. The molecule has 1 heterocycles. The zero-order chi connectivity index (χ0) is 17.7. The van der Waals surface area contributed by atoms with Crippen LogP contribution in [-0.2, 0) is 17.8 Å². The third-order valence-corrected chi connectivity index (χ3v) is 4.92. The van der Waals surface area contributed by atoms with Gasteiger partial charge >= 0.3 is 0 Å². The summed E-state index contributed by atoms with van der Waals surface area (Å²) in [6.45, 7) is 2.87. The summed E-state index contributed by atoms with van der Waals surface area (Å²) >= 11 is 0. The maximum Gasteiger partial charge on any atom is 0.227 e. The van der Waals surface area contributed by atoms with E-state index in [2.05, 4.69) is 4.98 Å². The Hall–Kier alpha value is -2.20. The van der Waals surface area contributed by atoms with Crippen LogP contribution in [0.2, 0.25) is 0 Å². The number of rotatable bonds is 6. The van der Waals surface area contributed by atoms with Crippen LogP contribution >= 0.6 is 0 Å². The number of aryl methyl sites for hydroxylation is 1. The highest BCUT2D eigenvalue weighted by atomic mass is 16.3. The Bertz CT molecular complexity index is 692. The smallest absolute Gasteiger partial charge is 0.227 e. The fourth-order valence-electron chi connectivity index (χ4n) is 3.47. The SMILES string of the molecule is Cc1ccc(CC(=O)N(Cc2ccccc2)CC2(O)CCCC2)cn1. The molecule has 0 aliphatic heterocycles. The van der Waals surface area contributed by atoms with E-state index in [1.807, 2.05) is 49.4 Å². The molecule has 1 amide bonds. The van der Waals surface area contributed by atoms with Crippen molar-refractivity contribution in [1.29, 1.82) is 0 Å². The molecule has 0 radical (unpaired) electrons. The van der Waals surface area contributed by atoms with Gasteiger partial charge in [0.1, 0.15) is 0 Å². The highest BCUT2D eigenvalue weighted by Crippen LogP contribution is 2.30. The van der Waals surface area contributed by atoms with E-state index in [-0.39, 0.29) is 5.91 Å². The normalized spacial score (nSPS) is 15.9. The van der Waals surface area contributed by atoms with Crippen LogP contribution in [0.1, 0.15) is 42.5 Å². The number of hydrogen-bond acceptors (Lipinski definition) is 3. The topological polar surface area (TPSA) is 53.4 Å². The van der Waals surface area contributed by atoms with Crippen molar-refractivity contribution in [3.63, 3.8) is 0 Å². The Morgan fingerprint density at radius 2 is 1.84 bits per heavy atom. The van der Waals surface area contributed by atoms with E-state index in [1.54, 1.807) is 11.1 Å². The minimum atomic E-state index is -0.740. The zero-order valence-electron chi connectivity index (χ0n) is 14.8. The van der Waals surface area contributed by atoms with Crippen LogP contribution in [0.15, 0.2) is 48.7 Å². The summed E-state index contributed by atoms with van der Waals surface area (Å²) in [6, 6.07) is 13.8. The van der Waals surface area contributed by atoms with Crippen molar-refractivity contribution in [3.8, 4) is 0 Å². The Morgan fingerprint density at radius 3 is 2.48 bits per heavy atom. The van der Waals surface area contributed by atoms with Gasteiger partial charge in [-0.05, 0) is 37.0 Å². The fourth-order valence-corrected chi connectivity index (χ4v) is 3.47. The molecule has 0 saturated heterocycles. The van der Waals surface area contributed by atoms with Crippen LogP contribution in [0.3, 0.4) is 0 Å². The Labute approximate surface area is 149 Å². The molecular formula is C21H26N2O2. The molecule has 1 saturated carbocycles. The van der Waals surface area contributed by atoms with Crippen LogP contribution in [0.5, 0.6) is 0 Å². The van der Waals surface area contributed by atoms with Crippen LogP contribution < -0.4 is 0 Å². The molecule has 1 aromatic heterocycles. The quantitative estimate of drug-likeness (QED) is 0.879. The molecule has 3 rings (SSSR count). The van der Waals surface area contributed by atoms with E-state index < -0.39 is 5.60 Å². The molecule has 0 spiro atoms. The number of aliphatic hydroxyl groups is 1. The fraction of sp³-hybridized carbons (Fsp3) is 0.429. The Kier molecular flexibility index (Phi) is 5.49. The number of pyridine rings is 1. The maximum absolute atomic E-state index is 12.9. The molecule has 2 aromatic rings.